The molecule has 1 fully saturated rings. The number of thiazole rings is 1. The summed E-state index contributed by atoms with van der Waals surface area (Å²) in [5.74, 6) is 0. The highest BCUT2D eigenvalue weighted by molar-refractivity contribution is 7.15. The Morgan fingerprint density at radius 1 is 1.26 bits per heavy atom. The molecule has 2 unspecified atom stereocenters. The molecule has 2 atom stereocenters. The van der Waals surface area contributed by atoms with E-state index in [1.807, 2.05) is 0 Å². The highest BCUT2D eigenvalue weighted by Gasteiger charge is 2.27. The van der Waals surface area contributed by atoms with Crippen LogP contribution in [0.15, 0.2) is 0 Å². The normalized spacial score (nSPS) is 28.0. The molecule has 2 heterocycles. The fourth-order valence-electron chi connectivity index (χ4n) is 3.36. The van der Waals surface area contributed by atoms with Crippen LogP contribution < -0.4 is 4.90 Å². The van der Waals surface area contributed by atoms with Crippen molar-refractivity contribution in [2.24, 2.45) is 0 Å². The van der Waals surface area contributed by atoms with Crippen LogP contribution >= 0.6 is 11.3 Å². The van der Waals surface area contributed by atoms with Gasteiger partial charge in [0.15, 0.2) is 5.13 Å². The zero-order valence-electron chi connectivity index (χ0n) is 11.8. The average Bonchev–Trinajstić information content (AvgIpc) is 2.71. The quantitative estimate of drug-likeness (QED) is 0.898. The van der Waals surface area contributed by atoms with Crippen LogP contribution in [-0.2, 0) is 6.42 Å². The van der Waals surface area contributed by atoms with Crippen molar-refractivity contribution in [3.63, 3.8) is 0 Å². The van der Waals surface area contributed by atoms with Crippen molar-refractivity contribution in [3.05, 3.63) is 10.6 Å². The Hall–Kier alpha value is -0.610. The van der Waals surface area contributed by atoms with Crippen molar-refractivity contribution in [1.29, 1.82) is 0 Å². The minimum atomic E-state index is -0.262. The maximum absolute atomic E-state index is 10.1. The molecule has 3 rings (SSSR count). The Morgan fingerprint density at radius 3 is 2.95 bits per heavy atom. The maximum Gasteiger partial charge on any atom is 0.186 e. The minimum absolute atomic E-state index is 0.262. The van der Waals surface area contributed by atoms with E-state index in [2.05, 4.69) is 11.8 Å². The lowest BCUT2D eigenvalue weighted by Gasteiger charge is -2.28. The van der Waals surface area contributed by atoms with Crippen LogP contribution in [0.25, 0.3) is 0 Å². The summed E-state index contributed by atoms with van der Waals surface area (Å²) in [4.78, 5) is 8.50. The number of aliphatic hydroxyl groups excluding tert-OH is 1. The summed E-state index contributed by atoms with van der Waals surface area (Å²) in [5.41, 5.74) is 1.16. The molecule has 1 aliphatic carbocycles. The first kappa shape index (κ1) is 13.4. The smallest absolute Gasteiger partial charge is 0.186 e. The number of aliphatic hydroxyl groups is 1. The Morgan fingerprint density at radius 2 is 2.16 bits per heavy atom. The highest BCUT2D eigenvalue weighted by atomic mass is 32.1. The van der Waals surface area contributed by atoms with Gasteiger partial charge in [0.2, 0.25) is 0 Å². The van der Waals surface area contributed by atoms with Crippen molar-refractivity contribution < 1.29 is 5.11 Å². The maximum atomic E-state index is 10.1. The second-order valence-corrected chi connectivity index (χ2v) is 6.83. The van der Waals surface area contributed by atoms with E-state index >= 15 is 0 Å². The molecule has 0 amide bonds. The predicted molar refractivity (Wildman–Crippen MR) is 79.9 cm³/mol. The van der Waals surface area contributed by atoms with E-state index < -0.39 is 0 Å². The van der Waals surface area contributed by atoms with E-state index in [0.29, 0.717) is 6.04 Å². The van der Waals surface area contributed by atoms with Gasteiger partial charge >= 0.3 is 0 Å². The van der Waals surface area contributed by atoms with Crippen molar-refractivity contribution in [2.45, 2.75) is 70.4 Å². The fraction of sp³-hybridized carbons (Fsp3) is 0.800. The molecule has 2 aliphatic rings. The SMILES string of the molecule is CCC1CCCCCN1c1nc2c(s1)C(O)CCC2. The van der Waals surface area contributed by atoms with Gasteiger partial charge in [0.05, 0.1) is 16.7 Å². The Bertz CT molecular complexity index is 432. The average molecular weight is 280 g/mol. The van der Waals surface area contributed by atoms with Gasteiger partial charge in [-0.1, -0.05) is 31.1 Å². The Labute approximate surface area is 119 Å². The Kier molecular flexibility index (Phi) is 4.08. The van der Waals surface area contributed by atoms with Crippen molar-refractivity contribution in [2.75, 3.05) is 11.4 Å². The molecule has 0 spiro atoms. The highest BCUT2D eigenvalue weighted by Crippen LogP contribution is 2.39. The molecular weight excluding hydrogens is 256 g/mol. The second-order valence-electron chi connectivity index (χ2n) is 5.82. The first-order valence-corrected chi connectivity index (χ1v) is 8.55. The van der Waals surface area contributed by atoms with Crippen LogP contribution in [0.1, 0.15) is 68.5 Å². The van der Waals surface area contributed by atoms with Crippen LogP contribution in [0.5, 0.6) is 0 Å². The lowest BCUT2D eigenvalue weighted by Crippen LogP contribution is -2.34. The van der Waals surface area contributed by atoms with Gasteiger partial charge in [-0.2, -0.15) is 0 Å². The largest absolute Gasteiger partial charge is 0.388 e. The summed E-state index contributed by atoms with van der Waals surface area (Å²) in [6, 6.07) is 0.646. The number of anilines is 1. The van der Waals surface area contributed by atoms with Gasteiger partial charge in [-0.05, 0) is 38.5 Å². The molecule has 106 valence electrons. The molecule has 1 N–H and O–H groups in total. The van der Waals surface area contributed by atoms with Gasteiger partial charge in [-0.15, -0.1) is 0 Å². The molecule has 0 radical (unpaired) electrons. The van der Waals surface area contributed by atoms with Crippen molar-refractivity contribution in [3.8, 4) is 0 Å². The van der Waals surface area contributed by atoms with Gasteiger partial charge in [-0.3, -0.25) is 0 Å². The summed E-state index contributed by atoms with van der Waals surface area (Å²) < 4.78 is 0. The molecule has 3 nitrogen and oxygen atoms in total. The molecule has 4 heteroatoms. The molecule has 1 aromatic heterocycles. The molecule has 1 aromatic rings. The molecular formula is C15H24N2OS. The molecule has 0 aromatic carbocycles. The van der Waals surface area contributed by atoms with E-state index in [-0.39, 0.29) is 6.10 Å². The van der Waals surface area contributed by atoms with E-state index in [0.717, 1.165) is 36.4 Å². The topological polar surface area (TPSA) is 36.4 Å². The summed E-state index contributed by atoms with van der Waals surface area (Å²) in [6.07, 6.45) is 9.25. The Balaban J connectivity index is 1.87. The molecule has 1 aliphatic heterocycles. The number of hydrogen-bond donors (Lipinski definition) is 1. The van der Waals surface area contributed by atoms with Crippen molar-refractivity contribution in [1.82, 2.24) is 4.98 Å². The predicted octanol–water partition coefficient (Wildman–Crippen LogP) is 3.67. The van der Waals surface area contributed by atoms with Crippen LogP contribution in [0, 0.1) is 0 Å². The van der Waals surface area contributed by atoms with Crippen LogP contribution in [0.2, 0.25) is 0 Å². The van der Waals surface area contributed by atoms with E-state index in [4.69, 9.17) is 4.98 Å². The summed E-state index contributed by atoms with van der Waals surface area (Å²) in [5, 5.41) is 11.3. The van der Waals surface area contributed by atoms with E-state index in [1.165, 1.54) is 37.2 Å². The van der Waals surface area contributed by atoms with Crippen LogP contribution in [-0.4, -0.2) is 22.7 Å². The zero-order valence-corrected chi connectivity index (χ0v) is 12.6. The van der Waals surface area contributed by atoms with Gasteiger partial charge in [-0.25, -0.2) is 4.98 Å². The number of hydrogen-bond acceptors (Lipinski definition) is 4. The van der Waals surface area contributed by atoms with E-state index in [9.17, 15) is 5.11 Å². The number of fused-ring (bicyclic) bond motifs is 1. The van der Waals surface area contributed by atoms with Gasteiger partial charge in [0.1, 0.15) is 0 Å². The number of rotatable bonds is 2. The summed E-state index contributed by atoms with van der Waals surface area (Å²) in [6.45, 7) is 3.42. The van der Waals surface area contributed by atoms with E-state index in [1.54, 1.807) is 11.3 Å². The number of aryl methyl sites for hydroxylation is 1. The monoisotopic (exact) mass is 280 g/mol. The van der Waals surface area contributed by atoms with Gasteiger partial charge < -0.3 is 10.0 Å². The standard InChI is InChI=1S/C15H24N2OS/c1-2-11-7-4-3-5-10-17(11)15-16-12-8-6-9-13(18)14(12)19-15/h11,13,18H,2-10H2,1H3. The molecule has 19 heavy (non-hydrogen) atoms. The zero-order chi connectivity index (χ0) is 13.2. The van der Waals surface area contributed by atoms with Gasteiger partial charge in [0, 0.05) is 12.6 Å². The van der Waals surface area contributed by atoms with Crippen molar-refractivity contribution >= 4 is 16.5 Å². The third-order valence-electron chi connectivity index (χ3n) is 4.50. The molecule has 1 saturated heterocycles. The second kappa shape index (κ2) is 5.80. The van der Waals surface area contributed by atoms with Crippen LogP contribution in [0.4, 0.5) is 5.13 Å². The first-order valence-electron chi connectivity index (χ1n) is 7.74. The van der Waals surface area contributed by atoms with Crippen LogP contribution in [0.3, 0.4) is 0 Å². The number of nitrogens with zero attached hydrogens (tertiary/aromatic N) is 2. The minimum Gasteiger partial charge on any atom is -0.388 e. The lowest BCUT2D eigenvalue weighted by molar-refractivity contribution is 0.160. The first-order chi connectivity index (χ1) is 9.29. The van der Waals surface area contributed by atoms with Gasteiger partial charge in [0.25, 0.3) is 0 Å². The third kappa shape index (κ3) is 2.65. The molecule has 0 saturated carbocycles. The third-order valence-corrected chi connectivity index (χ3v) is 5.74. The number of aromatic nitrogens is 1. The summed E-state index contributed by atoms with van der Waals surface area (Å²) in [7, 11) is 0. The lowest BCUT2D eigenvalue weighted by atomic mass is 10.0. The molecule has 0 bridgehead atoms. The summed E-state index contributed by atoms with van der Waals surface area (Å²) >= 11 is 1.74. The fourth-order valence-corrected chi connectivity index (χ4v) is 4.59.